The number of amides is 1. The van der Waals surface area contributed by atoms with Crippen LogP contribution in [0.1, 0.15) is 19.8 Å². The van der Waals surface area contributed by atoms with Gasteiger partial charge in [0.05, 0.1) is 11.5 Å². The number of hydrogen-bond acceptors (Lipinski definition) is 2. The van der Waals surface area contributed by atoms with Gasteiger partial charge >= 0.3 is 0 Å². The van der Waals surface area contributed by atoms with Crippen molar-refractivity contribution < 1.29 is 9.53 Å². The molecule has 0 atom stereocenters. The maximum absolute atomic E-state index is 10.7. The second-order valence-corrected chi connectivity index (χ2v) is 3.19. The van der Waals surface area contributed by atoms with Gasteiger partial charge in [-0.2, -0.15) is 0 Å². The van der Waals surface area contributed by atoms with Crippen LogP contribution in [-0.4, -0.2) is 19.1 Å². The van der Waals surface area contributed by atoms with Gasteiger partial charge in [0.2, 0.25) is 5.91 Å². The van der Waals surface area contributed by atoms with E-state index >= 15 is 0 Å². The number of carbonyl (C=O) groups excluding carboxylic acids is 1. The molecule has 10 heavy (non-hydrogen) atoms. The number of ether oxygens (including phenoxy) is 1. The maximum Gasteiger partial charge on any atom is 0.223 e. The summed E-state index contributed by atoms with van der Waals surface area (Å²) in [6.07, 6.45) is 1.80. The van der Waals surface area contributed by atoms with E-state index in [0.29, 0.717) is 0 Å². The number of primary amides is 1. The lowest BCUT2D eigenvalue weighted by Gasteiger charge is -2.41. The first kappa shape index (κ1) is 7.54. The van der Waals surface area contributed by atoms with Crippen LogP contribution in [0.15, 0.2) is 0 Å². The summed E-state index contributed by atoms with van der Waals surface area (Å²) in [5.41, 5.74) is 4.86. The zero-order chi connectivity index (χ0) is 7.78. The number of rotatable bonds is 2. The van der Waals surface area contributed by atoms with E-state index < -0.39 is 0 Å². The molecule has 0 saturated heterocycles. The maximum atomic E-state index is 10.7. The predicted molar refractivity (Wildman–Crippen MR) is 37.3 cm³/mol. The van der Waals surface area contributed by atoms with Gasteiger partial charge < -0.3 is 10.5 Å². The van der Waals surface area contributed by atoms with E-state index in [2.05, 4.69) is 0 Å². The smallest absolute Gasteiger partial charge is 0.223 e. The molecule has 1 aliphatic carbocycles. The fraction of sp³-hybridized carbons (Fsp3) is 0.857. The topological polar surface area (TPSA) is 52.3 Å². The highest BCUT2D eigenvalue weighted by Gasteiger charge is 2.45. The van der Waals surface area contributed by atoms with Crippen LogP contribution in [0.5, 0.6) is 0 Å². The van der Waals surface area contributed by atoms with Gasteiger partial charge in [0.15, 0.2) is 0 Å². The van der Waals surface area contributed by atoms with Crippen LogP contribution in [0.2, 0.25) is 0 Å². The molecule has 0 spiro atoms. The lowest BCUT2D eigenvalue weighted by molar-refractivity contribution is -0.140. The van der Waals surface area contributed by atoms with Crippen molar-refractivity contribution >= 4 is 5.91 Å². The first-order valence-corrected chi connectivity index (χ1v) is 3.41. The zero-order valence-corrected chi connectivity index (χ0v) is 6.39. The normalized spacial score (nSPS) is 38.8. The van der Waals surface area contributed by atoms with Crippen LogP contribution >= 0.6 is 0 Å². The summed E-state index contributed by atoms with van der Waals surface area (Å²) >= 11 is 0. The van der Waals surface area contributed by atoms with Gasteiger partial charge in [-0.05, 0) is 12.8 Å². The third-order valence-electron chi connectivity index (χ3n) is 2.28. The molecule has 1 saturated carbocycles. The minimum Gasteiger partial charge on any atom is -0.381 e. The van der Waals surface area contributed by atoms with Crippen LogP contribution in [0, 0.1) is 5.41 Å². The van der Waals surface area contributed by atoms with Crippen LogP contribution in [-0.2, 0) is 9.53 Å². The van der Waals surface area contributed by atoms with Crippen LogP contribution in [0.25, 0.3) is 0 Å². The van der Waals surface area contributed by atoms with Crippen molar-refractivity contribution in [3.63, 3.8) is 0 Å². The van der Waals surface area contributed by atoms with E-state index in [1.165, 1.54) is 0 Å². The highest BCUT2D eigenvalue weighted by atomic mass is 16.5. The fourth-order valence-electron chi connectivity index (χ4n) is 1.31. The number of hydrogen-bond donors (Lipinski definition) is 1. The van der Waals surface area contributed by atoms with Crippen molar-refractivity contribution in [3.05, 3.63) is 0 Å². The van der Waals surface area contributed by atoms with Crippen molar-refractivity contribution in [3.8, 4) is 0 Å². The molecule has 0 unspecified atom stereocenters. The Morgan fingerprint density at radius 3 is 2.50 bits per heavy atom. The van der Waals surface area contributed by atoms with Gasteiger partial charge in [0.25, 0.3) is 0 Å². The molecular weight excluding hydrogens is 130 g/mol. The Balaban J connectivity index is 2.42. The van der Waals surface area contributed by atoms with Gasteiger partial charge in [0.1, 0.15) is 0 Å². The number of methoxy groups -OCH3 is 1. The molecule has 3 heteroatoms. The van der Waals surface area contributed by atoms with Gasteiger partial charge in [-0.15, -0.1) is 0 Å². The zero-order valence-electron chi connectivity index (χ0n) is 6.39. The molecule has 3 nitrogen and oxygen atoms in total. The quantitative estimate of drug-likeness (QED) is 0.604. The predicted octanol–water partition coefficient (Wildman–Crippen LogP) is 0.287. The van der Waals surface area contributed by atoms with Gasteiger partial charge in [0, 0.05) is 7.11 Å². The molecule has 1 amide bonds. The Hall–Kier alpha value is -0.570. The van der Waals surface area contributed by atoms with Gasteiger partial charge in [-0.3, -0.25) is 4.79 Å². The minimum atomic E-state index is -0.291. The Labute approximate surface area is 60.5 Å². The summed E-state index contributed by atoms with van der Waals surface area (Å²) in [7, 11) is 1.66. The molecule has 58 valence electrons. The molecule has 0 heterocycles. The Morgan fingerprint density at radius 1 is 1.70 bits per heavy atom. The van der Waals surface area contributed by atoms with E-state index in [-0.39, 0.29) is 17.4 Å². The average Bonchev–Trinajstić information content (AvgIpc) is 1.80. The summed E-state index contributed by atoms with van der Waals surface area (Å²) in [5, 5.41) is 0. The molecule has 0 aliphatic heterocycles. The van der Waals surface area contributed by atoms with Crippen molar-refractivity contribution in [1.82, 2.24) is 0 Å². The van der Waals surface area contributed by atoms with Crippen LogP contribution < -0.4 is 5.73 Å². The van der Waals surface area contributed by atoms with Crippen molar-refractivity contribution in [2.45, 2.75) is 25.9 Å². The van der Waals surface area contributed by atoms with E-state index in [4.69, 9.17) is 10.5 Å². The highest BCUT2D eigenvalue weighted by molar-refractivity contribution is 5.81. The number of carbonyl (C=O) groups is 1. The highest BCUT2D eigenvalue weighted by Crippen LogP contribution is 2.41. The first-order chi connectivity index (χ1) is 4.58. The molecule has 0 aromatic rings. The summed E-state index contributed by atoms with van der Waals surface area (Å²) in [4.78, 5) is 10.7. The molecule has 1 rings (SSSR count). The van der Waals surface area contributed by atoms with Crippen molar-refractivity contribution in [2.24, 2.45) is 11.1 Å². The van der Waals surface area contributed by atoms with Crippen LogP contribution in [0.4, 0.5) is 0 Å². The van der Waals surface area contributed by atoms with E-state index in [1.54, 1.807) is 7.11 Å². The van der Waals surface area contributed by atoms with Crippen molar-refractivity contribution in [2.75, 3.05) is 7.11 Å². The summed E-state index contributed by atoms with van der Waals surface area (Å²) in [6, 6.07) is 0. The van der Waals surface area contributed by atoms with Gasteiger partial charge in [-0.1, -0.05) is 6.92 Å². The Bertz CT molecular complexity index is 150. The molecule has 2 N–H and O–H groups in total. The second-order valence-electron chi connectivity index (χ2n) is 3.19. The Morgan fingerprint density at radius 2 is 2.20 bits per heavy atom. The minimum absolute atomic E-state index is 0.208. The molecular formula is C7H13NO2. The first-order valence-electron chi connectivity index (χ1n) is 3.41. The second kappa shape index (κ2) is 2.23. The van der Waals surface area contributed by atoms with E-state index in [0.717, 1.165) is 12.8 Å². The molecule has 0 aromatic heterocycles. The molecule has 0 aromatic carbocycles. The summed E-state index contributed by atoms with van der Waals surface area (Å²) in [5.74, 6) is -0.208. The summed E-state index contributed by atoms with van der Waals surface area (Å²) < 4.78 is 5.02. The van der Waals surface area contributed by atoms with E-state index in [1.807, 2.05) is 6.92 Å². The molecule has 0 bridgehead atoms. The Kier molecular flexibility index (Phi) is 1.68. The SMILES string of the molecule is COC1CC(C)(C(N)=O)C1. The lowest BCUT2D eigenvalue weighted by atomic mass is 9.68. The molecule has 1 aliphatic rings. The lowest BCUT2D eigenvalue weighted by Crippen LogP contribution is -2.48. The average molecular weight is 143 g/mol. The van der Waals surface area contributed by atoms with Crippen molar-refractivity contribution in [1.29, 1.82) is 0 Å². The van der Waals surface area contributed by atoms with Crippen LogP contribution in [0.3, 0.4) is 0 Å². The summed E-state index contributed by atoms with van der Waals surface area (Å²) in [6.45, 7) is 1.88. The van der Waals surface area contributed by atoms with Gasteiger partial charge in [-0.25, -0.2) is 0 Å². The third kappa shape index (κ3) is 1.01. The largest absolute Gasteiger partial charge is 0.381 e. The fourth-order valence-corrected chi connectivity index (χ4v) is 1.31. The van der Waals surface area contributed by atoms with E-state index in [9.17, 15) is 4.79 Å². The number of nitrogens with two attached hydrogens (primary N) is 1. The standard InChI is InChI=1S/C7H13NO2/c1-7(6(8)9)3-5(4-7)10-2/h5H,3-4H2,1-2H3,(H2,8,9). The molecule has 1 fully saturated rings. The third-order valence-corrected chi connectivity index (χ3v) is 2.28. The monoisotopic (exact) mass is 143 g/mol. The molecule has 0 radical (unpaired) electrons.